The fourth-order valence-corrected chi connectivity index (χ4v) is 2.57. The predicted molar refractivity (Wildman–Crippen MR) is 90.1 cm³/mol. The summed E-state index contributed by atoms with van der Waals surface area (Å²) >= 11 is 0. The lowest BCUT2D eigenvalue weighted by Crippen LogP contribution is -2.17. The molecule has 0 N–H and O–H groups in total. The van der Waals surface area contributed by atoms with Gasteiger partial charge in [-0.25, -0.2) is 0 Å². The van der Waals surface area contributed by atoms with Crippen molar-refractivity contribution >= 4 is 0 Å². The maximum absolute atomic E-state index is 12.3. The van der Waals surface area contributed by atoms with Crippen molar-refractivity contribution in [2.75, 3.05) is 6.61 Å². The van der Waals surface area contributed by atoms with Crippen LogP contribution in [0.1, 0.15) is 12.5 Å². The summed E-state index contributed by atoms with van der Waals surface area (Å²) in [5.74, 6) is 0.810. The zero-order chi connectivity index (χ0) is 16.4. The minimum Gasteiger partial charge on any atom is -0.494 e. The molecule has 0 saturated carbocycles. The van der Waals surface area contributed by atoms with Crippen LogP contribution in [0.25, 0.3) is 16.8 Å². The number of hydrogen-bond acceptors (Lipinski definition) is 3. The van der Waals surface area contributed by atoms with Crippen LogP contribution in [0.4, 0.5) is 0 Å². The summed E-state index contributed by atoms with van der Waals surface area (Å²) in [6.45, 7) is 4.54. The van der Waals surface area contributed by atoms with Crippen molar-refractivity contribution in [3.05, 3.63) is 64.8 Å². The number of pyridine rings is 1. The molecule has 1 aromatic carbocycles. The van der Waals surface area contributed by atoms with Gasteiger partial charge in [0, 0.05) is 36.6 Å². The summed E-state index contributed by atoms with van der Waals surface area (Å²) in [6.07, 6.45) is 5.56. The Morgan fingerprint density at radius 1 is 1.13 bits per heavy atom. The molecule has 5 nitrogen and oxygen atoms in total. The number of benzene rings is 1. The average molecular weight is 309 g/mol. The number of ether oxygens (including phenoxy) is 1. The molecule has 0 bridgehead atoms. The van der Waals surface area contributed by atoms with Crippen LogP contribution in [0.5, 0.6) is 5.75 Å². The molecule has 0 aliphatic rings. The zero-order valence-corrected chi connectivity index (χ0v) is 13.5. The molecule has 0 aliphatic heterocycles. The van der Waals surface area contributed by atoms with E-state index in [1.165, 1.54) is 0 Å². The van der Waals surface area contributed by atoms with E-state index in [0.29, 0.717) is 6.61 Å². The number of nitrogens with zero attached hydrogens (tertiary/aromatic N) is 3. The molecule has 0 fully saturated rings. The Morgan fingerprint density at radius 2 is 1.96 bits per heavy atom. The van der Waals surface area contributed by atoms with Crippen LogP contribution < -0.4 is 10.3 Å². The van der Waals surface area contributed by atoms with Crippen LogP contribution in [-0.2, 0) is 7.05 Å². The van der Waals surface area contributed by atoms with Gasteiger partial charge in [-0.3, -0.25) is 14.0 Å². The van der Waals surface area contributed by atoms with Gasteiger partial charge >= 0.3 is 0 Å². The fourth-order valence-electron chi connectivity index (χ4n) is 2.57. The van der Waals surface area contributed by atoms with E-state index in [0.717, 1.165) is 28.1 Å². The van der Waals surface area contributed by atoms with Crippen LogP contribution in [0.3, 0.4) is 0 Å². The Balaban J connectivity index is 2.07. The molecular formula is C18H19N3O2. The smallest absolute Gasteiger partial charge is 0.255 e. The molecule has 0 saturated heterocycles. The maximum atomic E-state index is 12.3. The van der Waals surface area contributed by atoms with E-state index in [1.54, 1.807) is 21.5 Å². The third-order valence-electron chi connectivity index (χ3n) is 3.69. The van der Waals surface area contributed by atoms with Crippen LogP contribution in [0, 0.1) is 6.92 Å². The standard InChI is InChI=1S/C18H19N3O2/c1-4-23-16-6-7-17(13(2)9-16)21-12-14(5-8-18(21)22)15-10-19-20(3)11-15/h5-12H,4H2,1-3H3. The molecule has 5 heteroatoms. The molecule has 118 valence electrons. The molecule has 0 aliphatic carbocycles. The highest BCUT2D eigenvalue weighted by atomic mass is 16.5. The first kappa shape index (κ1) is 15.1. The van der Waals surface area contributed by atoms with E-state index in [4.69, 9.17) is 4.74 Å². The minimum absolute atomic E-state index is 0.0649. The fraction of sp³-hybridized carbons (Fsp3) is 0.222. The molecule has 0 radical (unpaired) electrons. The second-order valence-corrected chi connectivity index (χ2v) is 5.41. The first-order valence-electron chi connectivity index (χ1n) is 7.54. The SMILES string of the molecule is CCOc1ccc(-n2cc(-c3cnn(C)c3)ccc2=O)c(C)c1. The number of rotatable bonds is 4. The predicted octanol–water partition coefficient (Wildman–Crippen LogP) is 2.95. The number of hydrogen-bond donors (Lipinski definition) is 0. The van der Waals surface area contributed by atoms with Crippen molar-refractivity contribution in [1.29, 1.82) is 0 Å². The zero-order valence-electron chi connectivity index (χ0n) is 13.5. The first-order valence-corrected chi connectivity index (χ1v) is 7.54. The Morgan fingerprint density at radius 3 is 2.61 bits per heavy atom. The summed E-state index contributed by atoms with van der Waals surface area (Å²) in [6, 6.07) is 9.14. The molecule has 0 amide bonds. The van der Waals surface area contributed by atoms with Crippen molar-refractivity contribution in [2.45, 2.75) is 13.8 Å². The Hall–Kier alpha value is -2.82. The molecule has 0 unspecified atom stereocenters. The number of aromatic nitrogens is 3. The van der Waals surface area contributed by atoms with Crippen LogP contribution in [0.15, 0.2) is 53.7 Å². The van der Waals surface area contributed by atoms with Gasteiger partial charge in [-0.2, -0.15) is 5.10 Å². The van der Waals surface area contributed by atoms with Gasteiger partial charge in [-0.05, 0) is 43.7 Å². The van der Waals surface area contributed by atoms with Crippen LogP contribution in [-0.4, -0.2) is 21.0 Å². The highest BCUT2D eigenvalue weighted by molar-refractivity contribution is 5.61. The van der Waals surface area contributed by atoms with E-state index in [1.807, 2.05) is 57.6 Å². The summed E-state index contributed by atoms with van der Waals surface area (Å²) in [7, 11) is 1.87. The summed E-state index contributed by atoms with van der Waals surface area (Å²) in [4.78, 5) is 12.3. The Kier molecular flexibility index (Phi) is 4.02. The van der Waals surface area contributed by atoms with Gasteiger partial charge in [0.2, 0.25) is 0 Å². The topological polar surface area (TPSA) is 49.0 Å². The average Bonchev–Trinajstić information content (AvgIpc) is 2.95. The number of aryl methyl sites for hydroxylation is 2. The van der Waals surface area contributed by atoms with E-state index in [-0.39, 0.29) is 5.56 Å². The second-order valence-electron chi connectivity index (χ2n) is 5.41. The monoisotopic (exact) mass is 309 g/mol. The van der Waals surface area contributed by atoms with Gasteiger partial charge in [0.1, 0.15) is 5.75 Å². The lowest BCUT2D eigenvalue weighted by atomic mass is 10.1. The molecule has 2 aromatic heterocycles. The van der Waals surface area contributed by atoms with Crippen LogP contribution >= 0.6 is 0 Å². The van der Waals surface area contributed by atoms with Gasteiger partial charge in [-0.15, -0.1) is 0 Å². The highest BCUT2D eigenvalue weighted by Gasteiger charge is 2.08. The van der Waals surface area contributed by atoms with E-state index < -0.39 is 0 Å². The molecule has 0 atom stereocenters. The van der Waals surface area contributed by atoms with E-state index >= 15 is 0 Å². The molecule has 2 heterocycles. The summed E-state index contributed by atoms with van der Waals surface area (Å²) < 4.78 is 8.91. The van der Waals surface area contributed by atoms with Crippen LogP contribution in [0.2, 0.25) is 0 Å². The van der Waals surface area contributed by atoms with Gasteiger partial charge < -0.3 is 4.74 Å². The lowest BCUT2D eigenvalue weighted by Gasteiger charge is -2.12. The third-order valence-corrected chi connectivity index (χ3v) is 3.69. The van der Waals surface area contributed by atoms with E-state index in [2.05, 4.69) is 5.10 Å². The maximum Gasteiger partial charge on any atom is 0.255 e. The minimum atomic E-state index is -0.0649. The molecule has 3 rings (SSSR count). The van der Waals surface area contributed by atoms with Gasteiger partial charge in [-0.1, -0.05) is 0 Å². The van der Waals surface area contributed by atoms with Crippen molar-refractivity contribution in [1.82, 2.24) is 14.3 Å². The Bertz CT molecular complexity index is 893. The quantitative estimate of drug-likeness (QED) is 0.744. The third kappa shape index (κ3) is 3.04. The van der Waals surface area contributed by atoms with Gasteiger partial charge in [0.15, 0.2) is 0 Å². The normalized spacial score (nSPS) is 10.7. The molecule has 0 spiro atoms. The summed E-state index contributed by atoms with van der Waals surface area (Å²) in [5.41, 5.74) is 3.70. The Labute approximate surface area is 134 Å². The lowest BCUT2D eigenvalue weighted by molar-refractivity contribution is 0.340. The highest BCUT2D eigenvalue weighted by Crippen LogP contribution is 2.22. The van der Waals surface area contributed by atoms with E-state index in [9.17, 15) is 4.79 Å². The second kappa shape index (κ2) is 6.12. The van der Waals surface area contributed by atoms with Crippen molar-refractivity contribution in [2.24, 2.45) is 7.05 Å². The van der Waals surface area contributed by atoms with Gasteiger partial charge in [0.25, 0.3) is 5.56 Å². The molecule has 23 heavy (non-hydrogen) atoms. The van der Waals surface area contributed by atoms with Crippen molar-refractivity contribution in [3.8, 4) is 22.6 Å². The van der Waals surface area contributed by atoms with Gasteiger partial charge in [0.05, 0.1) is 18.5 Å². The van der Waals surface area contributed by atoms with Crippen molar-refractivity contribution < 1.29 is 4.74 Å². The molecule has 3 aromatic rings. The van der Waals surface area contributed by atoms with Crippen molar-refractivity contribution in [3.63, 3.8) is 0 Å². The molecular weight excluding hydrogens is 290 g/mol. The largest absolute Gasteiger partial charge is 0.494 e. The first-order chi connectivity index (χ1) is 11.1. The summed E-state index contributed by atoms with van der Waals surface area (Å²) in [5, 5.41) is 4.18.